The average molecular weight is 326 g/mol. The number of rotatable bonds is 4. The van der Waals surface area contributed by atoms with Crippen LogP contribution in [0.4, 0.5) is 0 Å². The summed E-state index contributed by atoms with van der Waals surface area (Å²) in [5.41, 5.74) is 2.09. The molecular weight excluding hydrogens is 304 g/mol. The van der Waals surface area contributed by atoms with Gasteiger partial charge in [-0.1, -0.05) is 12.2 Å². The molecule has 6 nitrogen and oxygen atoms in total. The number of carbonyl (C=O) groups is 1. The zero-order valence-electron chi connectivity index (χ0n) is 13.9. The minimum Gasteiger partial charge on any atom is -0.462 e. The van der Waals surface area contributed by atoms with Crippen molar-refractivity contribution in [3.8, 4) is 0 Å². The number of hydrogen-bond acceptors (Lipinski definition) is 5. The molecule has 0 radical (unpaired) electrons. The molecule has 0 aromatic carbocycles. The summed E-state index contributed by atoms with van der Waals surface area (Å²) in [5, 5.41) is 4.25. The number of hydrogen-bond donors (Lipinski definition) is 0. The Labute approximate surface area is 141 Å². The Morgan fingerprint density at radius 2 is 2.00 bits per heavy atom. The van der Waals surface area contributed by atoms with E-state index in [0.717, 1.165) is 37.0 Å². The zero-order valence-corrected chi connectivity index (χ0v) is 13.9. The summed E-state index contributed by atoms with van der Waals surface area (Å²) in [5.74, 6) is 1.22. The van der Waals surface area contributed by atoms with E-state index in [0.29, 0.717) is 17.8 Å². The summed E-state index contributed by atoms with van der Waals surface area (Å²) in [6.07, 6.45) is 12.4. The molecule has 0 saturated carbocycles. The van der Waals surface area contributed by atoms with E-state index in [9.17, 15) is 4.79 Å². The number of aromatic nitrogens is 3. The largest absolute Gasteiger partial charge is 0.462 e. The number of likely N-dealkylation sites (tertiary alicyclic amines) is 1. The molecular formula is C18H22N4O2. The molecule has 0 bridgehead atoms. The second-order valence-electron chi connectivity index (χ2n) is 6.67. The zero-order chi connectivity index (χ0) is 16.5. The molecule has 0 N–H and O–H groups in total. The molecule has 6 heteroatoms. The van der Waals surface area contributed by atoms with Crippen LogP contribution in [0.1, 0.15) is 35.7 Å². The SMILES string of the molecule is CCOC(=O)c1cnn2cc(CN3C[C@H]4CC=CC[C@H]4C3)cnc12. The quantitative estimate of drug-likeness (QED) is 0.637. The lowest BCUT2D eigenvalue weighted by molar-refractivity contribution is 0.0528. The molecule has 1 fully saturated rings. The normalized spacial score (nSPS) is 23.5. The van der Waals surface area contributed by atoms with Crippen molar-refractivity contribution in [3.05, 3.63) is 41.9 Å². The van der Waals surface area contributed by atoms with Gasteiger partial charge in [-0.15, -0.1) is 0 Å². The first kappa shape index (κ1) is 15.3. The highest BCUT2D eigenvalue weighted by Gasteiger charge is 2.32. The van der Waals surface area contributed by atoms with Crippen molar-refractivity contribution in [1.29, 1.82) is 0 Å². The van der Waals surface area contributed by atoms with Gasteiger partial charge in [0, 0.05) is 37.6 Å². The van der Waals surface area contributed by atoms with Crippen molar-refractivity contribution >= 4 is 11.6 Å². The van der Waals surface area contributed by atoms with Crippen molar-refractivity contribution < 1.29 is 9.53 Å². The number of fused-ring (bicyclic) bond motifs is 2. The summed E-state index contributed by atoms with van der Waals surface area (Å²) in [4.78, 5) is 18.8. The lowest BCUT2D eigenvalue weighted by atomic mass is 9.86. The molecule has 0 spiro atoms. The van der Waals surface area contributed by atoms with Crippen LogP contribution in [0.3, 0.4) is 0 Å². The van der Waals surface area contributed by atoms with Gasteiger partial charge in [0.05, 0.1) is 12.8 Å². The third kappa shape index (κ3) is 2.82. The maximum absolute atomic E-state index is 11.9. The van der Waals surface area contributed by atoms with Crippen LogP contribution in [-0.2, 0) is 11.3 Å². The van der Waals surface area contributed by atoms with Crippen LogP contribution in [0.25, 0.3) is 5.65 Å². The second kappa shape index (κ2) is 6.36. The first-order valence-corrected chi connectivity index (χ1v) is 8.61. The predicted octanol–water partition coefficient (Wildman–Crippen LogP) is 2.30. The molecule has 4 rings (SSSR count). The van der Waals surface area contributed by atoms with E-state index in [4.69, 9.17) is 4.74 Å². The summed E-state index contributed by atoms with van der Waals surface area (Å²) >= 11 is 0. The number of allylic oxidation sites excluding steroid dienone is 2. The van der Waals surface area contributed by atoms with Crippen LogP contribution >= 0.6 is 0 Å². The Bertz CT molecular complexity index is 766. The van der Waals surface area contributed by atoms with Crippen LogP contribution in [-0.4, -0.2) is 45.2 Å². The summed E-state index contributed by atoms with van der Waals surface area (Å²) in [7, 11) is 0. The van der Waals surface area contributed by atoms with E-state index >= 15 is 0 Å². The van der Waals surface area contributed by atoms with Crippen LogP contribution in [0.2, 0.25) is 0 Å². The molecule has 1 saturated heterocycles. The fourth-order valence-electron chi connectivity index (χ4n) is 3.85. The van der Waals surface area contributed by atoms with Gasteiger partial charge in [0.25, 0.3) is 0 Å². The van der Waals surface area contributed by atoms with Crippen molar-refractivity contribution in [2.24, 2.45) is 11.8 Å². The molecule has 2 aromatic rings. The first-order chi connectivity index (χ1) is 11.7. The van der Waals surface area contributed by atoms with Crippen molar-refractivity contribution in [1.82, 2.24) is 19.5 Å². The molecule has 0 amide bonds. The lowest BCUT2D eigenvalue weighted by Crippen LogP contribution is -2.20. The van der Waals surface area contributed by atoms with Crippen molar-refractivity contribution in [2.75, 3.05) is 19.7 Å². The van der Waals surface area contributed by atoms with Gasteiger partial charge in [-0.25, -0.2) is 14.3 Å². The second-order valence-corrected chi connectivity index (χ2v) is 6.67. The first-order valence-electron chi connectivity index (χ1n) is 8.61. The van der Waals surface area contributed by atoms with Gasteiger partial charge < -0.3 is 4.74 Å². The van der Waals surface area contributed by atoms with E-state index in [1.54, 1.807) is 11.4 Å². The van der Waals surface area contributed by atoms with Gasteiger partial charge >= 0.3 is 5.97 Å². The van der Waals surface area contributed by atoms with E-state index in [1.165, 1.54) is 19.0 Å². The molecule has 24 heavy (non-hydrogen) atoms. The van der Waals surface area contributed by atoms with Crippen LogP contribution in [0.5, 0.6) is 0 Å². The van der Waals surface area contributed by atoms with E-state index in [-0.39, 0.29) is 5.97 Å². The highest BCUT2D eigenvalue weighted by atomic mass is 16.5. The Balaban J connectivity index is 1.49. The van der Waals surface area contributed by atoms with Crippen LogP contribution in [0.15, 0.2) is 30.7 Å². The van der Waals surface area contributed by atoms with E-state index in [1.807, 2.05) is 12.4 Å². The standard InChI is InChI=1S/C18H22N4O2/c1-2-24-18(23)16-8-20-22-10-13(7-19-17(16)22)9-21-11-14-5-3-4-6-15(14)12-21/h3-4,7-8,10,14-15H,2,5-6,9,11-12H2,1H3/t14-,15+. The van der Waals surface area contributed by atoms with Crippen LogP contribution in [0, 0.1) is 11.8 Å². The topological polar surface area (TPSA) is 59.7 Å². The summed E-state index contributed by atoms with van der Waals surface area (Å²) in [6.45, 7) is 5.32. The number of esters is 1. The van der Waals surface area contributed by atoms with Gasteiger partial charge in [0.15, 0.2) is 5.65 Å². The van der Waals surface area contributed by atoms with Gasteiger partial charge in [-0.2, -0.15) is 5.10 Å². The highest BCUT2D eigenvalue weighted by Crippen LogP contribution is 2.33. The van der Waals surface area contributed by atoms with E-state index in [2.05, 4.69) is 27.1 Å². The maximum Gasteiger partial charge on any atom is 0.343 e. The summed E-state index contributed by atoms with van der Waals surface area (Å²) in [6, 6.07) is 0. The fraction of sp³-hybridized carbons (Fsp3) is 0.500. The third-order valence-electron chi connectivity index (χ3n) is 5.01. The summed E-state index contributed by atoms with van der Waals surface area (Å²) < 4.78 is 6.71. The minimum atomic E-state index is -0.371. The monoisotopic (exact) mass is 326 g/mol. The Morgan fingerprint density at radius 1 is 1.25 bits per heavy atom. The number of ether oxygens (including phenoxy) is 1. The predicted molar refractivity (Wildman–Crippen MR) is 89.6 cm³/mol. The molecule has 126 valence electrons. The number of nitrogens with zero attached hydrogens (tertiary/aromatic N) is 4. The molecule has 2 aromatic heterocycles. The van der Waals surface area contributed by atoms with E-state index < -0.39 is 0 Å². The smallest absolute Gasteiger partial charge is 0.343 e. The molecule has 0 unspecified atom stereocenters. The van der Waals surface area contributed by atoms with Gasteiger partial charge in [0.1, 0.15) is 5.56 Å². The molecule has 1 aliphatic carbocycles. The third-order valence-corrected chi connectivity index (χ3v) is 5.01. The maximum atomic E-state index is 11.9. The molecule has 2 atom stereocenters. The average Bonchev–Trinajstić information content (AvgIpc) is 3.17. The molecule has 2 aliphatic rings. The van der Waals surface area contributed by atoms with Gasteiger partial charge in [0.2, 0.25) is 0 Å². The Hall–Kier alpha value is -2.21. The molecule has 3 heterocycles. The Morgan fingerprint density at radius 3 is 2.71 bits per heavy atom. The van der Waals surface area contributed by atoms with Crippen LogP contribution < -0.4 is 0 Å². The Kier molecular flexibility index (Phi) is 4.06. The van der Waals surface area contributed by atoms with Crippen molar-refractivity contribution in [3.63, 3.8) is 0 Å². The molecule has 1 aliphatic heterocycles. The van der Waals surface area contributed by atoms with Gasteiger partial charge in [-0.05, 0) is 31.6 Å². The minimum absolute atomic E-state index is 0.348. The van der Waals surface area contributed by atoms with Gasteiger partial charge in [-0.3, -0.25) is 4.90 Å². The number of carbonyl (C=O) groups excluding carboxylic acids is 1. The highest BCUT2D eigenvalue weighted by molar-refractivity contribution is 5.95. The fourth-order valence-corrected chi connectivity index (χ4v) is 3.85. The lowest BCUT2D eigenvalue weighted by Gasteiger charge is -2.18. The van der Waals surface area contributed by atoms with Crippen molar-refractivity contribution in [2.45, 2.75) is 26.3 Å².